The van der Waals surface area contributed by atoms with Gasteiger partial charge in [-0.3, -0.25) is 9.59 Å². The number of carbonyl (C=O) groups excluding carboxylic acids is 2. The molecule has 23 heavy (non-hydrogen) atoms. The van der Waals surface area contributed by atoms with Crippen LogP contribution in [0.4, 0.5) is 4.39 Å². The van der Waals surface area contributed by atoms with Crippen molar-refractivity contribution in [3.63, 3.8) is 0 Å². The van der Waals surface area contributed by atoms with Crippen LogP contribution in [-0.4, -0.2) is 53.8 Å². The normalized spacial score (nSPS) is 15.8. The van der Waals surface area contributed by atoms with Crippen LogP contribution in [0.2, 0.25) is 0 Å². The van der Waals surface area contributed by atoms with Crippen molar-refractivity contribution in [2.24, 2.45) is 5.73 Å². The van der Waals surface area contributed by atoms with Crippen LogP contribution in [0.1, 0.15) is 30.1 Å². The van der Waals surface area contributed by atoms with Gasteiger partial charge in [-0.2, -0.15) is 0 Å². The summed E-state index contributed by atoms with van der Waals surface area (Å²) < 4.78 is 12.9. The van der Waals surface area contributed by atoms with Crippen molar-refractivity contribution >= 4 is 24.2 Å². The van der Waals surface area contributed by atoms with Crippen molar-refractivity contribution in [2.75, 3.05) is 26.2 Å². The quantitative estimate of drug-likeness (QED) is 0.904. The molecule has 1 heterocycles. The van der Waals surface area contributed by atoms with Crippen molar-refractivity contribution in [1.82, 2.24) is 9.80 Å². The molecule has 128 valence electrons. The predicted octanol–water partition coefficient (Wildman–Crippen LogP) is 1.66. The number of halogens is 2. The van der Waals surface area contributed by atoms with Crippen LogP contribution >= 0.6 is 12.4 Å². The summed E-state index contributed by atoms with van der Waals surface area (Å²) in [5.74, 6) is -0.544. The molecular formula is C16H23ClFN3O2. The van der Waals surface area contributed by atoms with Gasteiger partial charge in [0.15, 0.2) is 0 Å². The van der Waals surface area contributed by atoms with E-state index in [1.165, 1.54) is 24.3 Å². The molecule has 1 fully saturated rings. The smallest absolute Gasteiger partial charge is 0.253 e. The number of hydrogen-bond donors (Lipinski definition) is 1. The standard InChI is InChI=1S/C16H22FN3O2.ClH/c1-2-3-14(18)16(22)20-10-8-19(9-11-20)15(21)12-4-6-13(17)7-5-12;/h4-7,14H,2-3,8-11,18H2,1H3;1H. The van der Waals surface area contributed by atoms with E-state index in [4.69, 9.17) is 5.73 Å². The lowest BCUT2D eigenvalue weighted by Crippen LogP contribution is -2.54. The number of nitrogens with two attached hydrogens (primary N) is 1. The minimum Gasteiger partial charge on any atom is -0.338 e. The topological polar surface area (TPSA) is 66.6 Å². The summed E-state index contributed by atoms with van der Waals surface area (Å²) in [5, 5.41) is 0. The Bertz CT molecular complexity index is 531. The van der Waals surface area contributed by atoms with E-state index in [0.29, 0.717) is 38.2 Å². The maximum Gasteiger partial charge on any atom is 0.253 e. The van der Waals surface area contributed by atoms with Crippen LogP contribution in [0, 0.1) is 5.82 Å². The lowest BCUT2D eigenvalue weighted by molar-refractivity contribution is -0.134. The number of piperazine rings is 1. The van der Waals surface area contributed by atoms with E-state index in [-0.39, 0.29) is 30.0 Å². The van der Waals surface area contributed by atoms with Gasteiger partial charge < -0.3 is 15.5 Å². The summed E-state index contributed by atoms with van der Waals surface area (Å²) in [6.45, 7) is 3.92. The Morgan fingerprint density at radius 1 is 1.13 bits per heavy atom. The molecule has 0 aliphatic carbocycles. The minimum absolute atomic E-state index is 0. The van der Waals surface area contributed by atoms with Crippen molar-refractivity contribution < 1.29 is 14.0 Å². The summed E-state index contributed by atoms with van der Waals surface area (Å²) in [7, 11) is 0. The molecule has 0 spiro atoms. The lowest BCUT2D eigenvalue weighted by Gasteiger charge is -2.36. The van der Waals surface area contributed by atoms with Crippen molar-refractivity contribution in [3.05, 3.63) is 35.6 Å². The molecule has 2 amide bonds. The molecule has 1 aliphatic rings. The van der Waals surface area contributed by atoms with Gasteiger partial charge in [-0.05, 0) is 30.7 Å². The first kappa shape index (κ1) is 19.4. The number of carbonyl (C=O) groups is 2. The Balaban J connectivity index is 0.00000264. The third-order valence-electron chi connectivity index (χ3n) is 3.89. The van der Waals surface area contributed by atoms with Gasteiger partial charge in [-0.1, -0.05) is 13.3 Å². The Hall–Kier alpha value is -1.66. The molecule has 7 heteroatoms. The minimum atomic E-state index is -0.454. The highest BCUT2D eigenvalue weighted by Gasteiger charge is 2.27. The zero-order chi connectivity index (χ0) is 16.1. The summed E-state index contributed by atoms with van der Waals surface area (Å²) in [5.41, 5.74) is 6.31. The average molecular weight is 344 g/mol. The van der Waals surface area contributed by atoms with Crippen molar-refractivity contribution in [2.45, 2.75) is 25.8 Å². The first-order valence-electron chi connectivity index (χ1n) is 7.62. The molecule has 1 unspecified atom stereocenters. The van der Waals surface area contributed by atoms with E-state index in [1.54, 1.807) is 9.80 Å². The van der Waals surface area contributed by atoms with Crippen LogP contribution in [0.15, 0.2) is 24.3 Å². The van der Waals surface area contributed by atoms with Gasteiger partial charge >= 0.3 is 0 Å². The van der Waals surface area contributed by atoms with E-state index in [1.807, 2.05) is 6.92 Å². The molecule has 1 aliphatic heterocycles. The summed E-state index contributed by atoms with van der Waals surface area (Å²) in [4.78, 5) is 27.8. The molecule has 2 N–H and O–H groups in total. The number of benzene rings is 1. The Kier molecular flexibility index (Phi) is 7.45. The van der Waals surface area contributed by atoms with Gasteiger partial charge in [-0.25, -0.2) is 4.39 Å². The molecule has 0 bridgehead atoms. The van der Waals surface area contributed by atoms with Crippen LogP contribution in [0.25, 0.3) is 0 Å². The van der Waals surface area contributed by atoms with Gasteiger partial charge in [0.2, 0.25) is 5.91 Å². The second kappa shape index (κ2) is 8.84. The molecule has 2 rings (SSSR count). The van der Waals surface area contributed by atoms with E-state index in [2.05, 4.69) is 0 Å². The first-order chi connectivity index (χ1) is 10.5. The highest BCUT2D eigenvalue weighted by atomic mass is 35.5. The number of rotatable bonds is 4. The molecular weight excluding hydrogens is 321 g/mol. The third-order valence-corrected chi connectivity index (χ3v) is 3.89. The SMILES string of the molecule is CCCC(N)C(=O)N1CCN(C(=O)c2ccc(F)cc2)CC1.Cl. The summed E-state index contributed by atoms with van der Waals surface area (Å²) >= 11 is 0. The fourth-order valence-electron chi connectivity index (χ4n) is 2.57. The molecule has 1 saturated heterocycles. The summed E-state index contributed by atoms with van der Waals surface area (Å²) in [6, 6.07) is 5.05. The van der Waals surface area contributed by atoms with Crippen molar-refractivity contribution in [3.8, 4) is 0 Å². The Morgan fingerprint density at radius 3 is 2.17 bits per heavy atom. The highest BCUT2D eigenvalue weighted by molar-refractivity contribution is 5.94. The molecule has 0 saturated carbocycles. The maximum atomic E-state index is 12.9. The van der Waals surface area contributed by atoms with Crippen molar-refractivity contribution in [1.29, 1.82) is 0 Å². The highest BCUT2D eigenvalue weighted by Crippen LogP contribution is 2.11. The van der Waals surface area contributed by atoms with Gasteiger partial charge in [0.1, 0.15) is 5.82 Å². The maximum absolute atomic E-state index is 12.9. The van der Waals surface area contributed by atoms with Crippen LogP contribution in [0.5, 0.6) is 0 Å². The number of nitrogens with zero attached hydrogens (tertiary/aromatic N) is 2. The van der Waals surface area contributed by atoms with Crippen LogP contribution < -0.4 is 5.73 Å². The zero-order valence-electron chi connectivity index (χ0n) is 13.2. The zero-order valence-corrected chi connectivity index (χ0v) is 14.0. The van der Waals surface area contributed by atoms with Crippen LogP contribution in [0.3, 0.4) is 0 Å². The predicted molar refractivity (Wildman–Crippen MR) is 89.0 cm³/mol. The number of hydrogen-bond acceptors (Lipinski definition) is 3. The molecule has 1 aromatic rings. The fourth-order valence-corrected chi connectivity index (χ4v) is 2.57. The van der Waals surface area contributed by atoms with E-state index in [0.717, 1.165) is 6.42 Å². The fraction of sp³-hybridized carbons (Fsp3) is 0.500. The molecule has 1 aromatic carbocycles. The van der Waals surface area contributed by atoms with E-state index >= 15 is 0 Å². The number of amides is 2. The lowest BCUT2D eigenvalue weighted by atomic mass is 10.1. The Morgan fingerprint density at radius 2 is 1.65 bits per heavy atom. The van der Waals surface area contributed by atoms with E-state index in [9.17, 15) is 14.0 Å². The van der Waals surface area contributed by atoms with E-state index < -0.39 is 6.04 Å². The molecule has 5 nitrogen and oxygen atoms in total. The first-order valence-corrected chi connectivity index (χ1v) is 7.62. The monoisotopic (exact) mass is 343 g/mol. The largest absolute Gasteiger partial charge is 0.338 e. The summed E-state index contributed by atoms with van der Waals surface area (Å²) in [6.07, 6.45) is 1.55. The Labute approximate surface area is 142 Å². The van der Waals surface area contributed by atoms with Gasteiger partial charge in [0.05, 0.1) is 6.04 Å². The second-order valence-corrected chi connectivity index (χ2v) is 5.52. The molecule has 0 radical (unpaired) electrons. The molecule has 0 aromatic heterocycles. The van der Waals surface area contributed by atoms with Gasteiger partial charge in [0, 0.05) is 31.7 Å². The second-order valence-electron chi connectivity index (χ2n) is 5.52. The third kappa shape index (κ3) is 4.91. The van der Waals surface area contributed by atoms with Crippen LogP contribution in [-0.2, 0) is 4.79 Å². The van der Waals surface area contributed by atoms with Gasteiger partial charge in [-0.15, -0.1) is 12.4 Å². The van der Waals surface area contributed by atoms with Gasteiger partial charge in [0.25, 0.3) is 5.91 Å². The average Bonchev–Trinajstić information content (AvgIpc) is 2.54. The molecule has 1 atom stereocenters.